The van der Waals surface area contributed by atoms with Crippen LogP contribution in [0.25, 0.3) is 0 Å². The molecule has 1 aliphatic heterocycles. The third kappa shape index (κ3) is 4.48. The Labute approximate surface area is 172 Å². The van der Waals surface area contributed by atoms with Crippen molar-refractivity contribution in [3.8, 4) is 5.75 Å². The number of rotatable bonds is 6. The molecule has 1 amide bonds. The van der Waals surface area contributed by atoms with Crippen molar-refractivity contribution in [3.05, 3.63) is 62.2 Å². The number of non-ortho nitro benzene ring substituents is 1. The van der Waals surface area contributed by atoms with Crippen molar-refractivity contribution in [2.24, 2.45) is 5.92 Å². The number of nitrogens with zero attached hydrogens (tertiary/aromatic N) is 3. The topological polar surface area (TPSA) is 128 Å². The number of methoxy groups -OCH3 is 1. The number of nitrogens with one attached hydrogen (secondary N) is 1. The Morgan fingerprint density at radius 1 is 1.10 bits per heavy atom. The zero-order valence-electron chi connectivity index (χ0n) is 16.7. The van der Waals surface area contributed by atoms with Gasteiger partial charge < -0.3 is 15.0 Å². The summed E-state index contributed by atoms with van der Waals surface area (Å²) < 4.78 is 5.13. The van der Waals surface area contributed by atoms with Crippen LogP contribution in [0.1, 0.15) is 30.1 Å². The summed E-state index contributed by atoms with van der Waals surface area (Å²) in [5, 5.41) is 25.2. The fourth-order valence-corrected chi connectivity index (χ4v) is 3.43. The lowest BCUT2D eigenvalue weighted by molar-refractivity contribution is -0.384. The fraction of sp³-hybridized carbons (Fsp3) is 0.350. The molecule has 2 aromatic carbocycles. The van der Waals surface area contributed by atoms with Crippen LogP contribution in [-0.4, -0.2) is 36.0 Å². The van der Waals surface area contributed by atoms with Crippen molar-refractivity contribution in [1.29, 1.82) is 0 Å². The third-order valence-corrected chi connectivity index (χ3v) is 5.20. The third-order valence-electron chi connectivity index (χ3n) is 5.20. The van der Waals surface area contributed by atoms with Gasteiger partial charge in [-0.25, -0.2) is 0 Å². The lowest BCUT2D eigenvalue weighted by atomic mass is 9.98. The van der Waals surface area contributed by atoms with Crippen LogP contribution in [0.3, 0.4) is 0 Å². The summed E-state index contributed by atoms with van der Waals surface area (Å²) in [5.41, 5.74) is 0.296. The van der Waals surface area contributed by atoms with Gasteiger partial charge in [-0.1, -0.05) is 6.92 Å². The minimum atomic E-state index is -0.629. The van der Waals surface area contributed by atoms with Crippen molar-refractivity contribution in [3.63, 3.8) is 0 Å². The Hall–Kier alpha value is -3.69. The number of piperidine rings is 1. The lowest BCUT2D eigenvalue weighted by Crippen LogP contribution is -2.33. The van der Waals surface area contributed by atoms with Crippen molar-refractivity contribution in [1.82, 2.24) is 0 Å². The summed E-state index contributed by atoms with van der Waals surface area (Å²) in [6.45, 7) is 3.60. The molecule has 0 spiro atoms. The van der Waals surface area contributed by atoms with Gasteiger partial charge in [-0.15, -0.1) is 0 Å². The van der Waals surface area contributed by atoms with Gasteiger partial charge in [-0.2, -0.15) is 0 Å². The van der Waals surface area contributed by atoms with Gasteiger partial charge >= 0.3 is 0 Å². The highest BCUT2D eigenvalue weighted by molar-refractivity contribution is 6.06. The van der Waals surface area contributed by atoms with Gasteiger partial charge in [0.15, 0.2) is 0 Å². The fourth-order valence-electron chi connectivity index (χ4n) is 3.43. The molecule has 1 saturated heterocycles. The number of anilines is 2. The number of nitro benzene ring substituents is 2. The Balaban J connectivity index is 1.88. The molecule has 0 saturated carbocycles. The van der Waals surface area contributed by atoms with E-state index in [4.69, 9.17) is 4.74 Å². The standard InChI is InChI=1S/C20H22N4O6/c1-13-7-9-22(10-8-13)17-5-3-14(11-18(17)24(28)29)20(25)21-16-12-15(23(26)27)4-6-19(16)30-2/h3-6,11-13H,7-10H2,1-2H3,(H,21,25). The van der Waals surface area contributed by atoms with Gasteiger partial charge in [0.1, 0.15) is 11.4 Å². The molecular formula is C20H22N4O6. The Kier molecular flexibility index (Phi) is 6.14. The van der Waals surface area contributed by atoms with Crippen molar-refractivity contribution in [2.45, 2.75) is 19.8 Å². The first-order valence-electron chi connectivity index (χ1n) is 9.47. The maximum absolute atomic E-state index is 12.7. The van der Waals surface area contributed by atoms with E-state index in [1.54, 1.807) is 6.07 Å². The molecule has 0 aromatic heterocycles. The number of nitro groups is 2. The molecule has 0 aliphatic carbocycles. The molecule has 10 heteroatoms. The molecular weight excluding hydrogens is 392 g/mol. The van der Waals surface area contributed by atoms with Crippen LogP contribution in [0.4, 0.5) is 22.7 Å². The zero-order valence-corrected chi connectivity index (χ0v) is 16.7. The molecule has 1 aliphatic rings. The number of hydrogen-bond donors (Lipinski definition) is 1. The van der Waals surface area contributed by atoms with Gasteiger partial charge in [0.05, 0.1) is 22.6 Å². The summed E-state index contributed by atoms with van der Waals surface area (Å²) in [6, 6.07) is 8.12. The van der Waals surface area contributed by atoms with Crippen molar-refractivity contribution >= 4 is 28.7 Å². The van der Waals surface area contributed by atoms with E-state index in [1.807, 2.05) is 4.90 Å². The molecule has 3 rings (SSSR count). The lowest BCUT2D eigenvalue weighted by Gasteiger charge is -2.31. The molecule has 1 heterocycles. The van der Waals surface area contributed by atoms with Crippen LogP contribution >= 0.6 is 0 Å². The van der Waals surface area contributed by atoms with Crippen LogP contribution in [0.5, 0.6) is 5.75 Å². The highest BCUT2D eigenvalue weighted by Crippen LogP contribution is 2.33. The number of carbonyl (C=O) groups excluding carboxylic acids is 1. The molecule has 0 radical (unpaired) electrons. The van der Waals surface area contributed by atoms with E-state index < -0.39 is 15.8 Å². The first kappa shape index (κ1) is 21.0. The molecule has 0 bridgehead atoms. The van der Waals surface area contributed by atoms with Crippen LogP contribution in [0.15, 0.2) is 36.4 Å². The summed E-state index contributed by atoms with van der Waals surface area (Å²) in [7, 11) is 1.37. The molecule has 0 unspecified atom stereocenters. The molecule has 30 heavy (non-hydrogen) atoms. The minimum absolute atomic E-state index is 0.0735. The Morgan fingerprint density at radius 3 is 2.40 bits per heavy atom. The van der Waals surface area contributed by atoms with E-state index in [2.05, 4.69) is 12.2 Å². The molecule has 158 valence electrons. The first-order valence-corrected chi connectivity index (χ1v) is 9.47. The first-order chi connectivity index (χ1) is 14.3. The molecule has 10 nitrogen and oxygen atoms in total. The molecule has 1 fully saturated rings. The van der Waals surface area contributed by atoms with Gasteiger partial charge in [0, 0.05) is 36.9 Å². The molecule has 1 N–H and O–H groups in total. The molecule has 2 aromatic rings. The van der Waals surface area contributed by atoms with Crippen LogP contribution in [-0.2, 0) is 0 Å². The second kappa shape index (κ2) is 8.76. The smallest absolute Gasteiger partial charge is 0.293 e. The number of ether oxygens (including phenoxy) is 1. The monoisotopic (exact) mass is 414 g/mol. The second-order valence-corrected chi connectivity index (χ2v) is 7.23. The predicted molar refractivity (Wildman–Crippen MR) is 111 cm³/mol. The van der Waals surface area contributed by atoms with E-state index in [1.165, 1.54) is 37.4 Å². The van der Waals surface area contributed by atoms with Gasteiger partial charge in [-0.05, 0) is 37.0 Å². The average molecular weight is 414 g/mol. The second-order valence-electron chi connectivity index (χ2n) is 7.23. The predicted octanol–water partition coefficient (Wildman–Crippen LogP) is 4.00. The van der Waals surface area contributed by atoms with E-state index in [0.717, 1.165) is 25.9 Å². The maximum atomic E-state index is 12.7. The van der Waals surface area contributed by atoms with E-state index >= 15 is 0 Å². The number of benzene rings is 2. The average Bonchev–Trinajstić information content (AvgIpc) is 2.73. The van der Waals surface area contributed by atoms with E-state index in [-0.39, 0.29) is 28.4 Å². The highest BCUT2D eigenvalue weighted by Gasteiger charge is 2.25. The largest absolute Gasteiger partial charge is 0.495 e. The summed E-state index contributed by atoms with van der Waals surface area (Å²) >= 11 is 0. The normalized spacial score (nSPS) is 14.3. The minimum Gasteiger partial charge on any atom is -0.495 e. The summed E-state index contributed by atoms with van der Waals surface area (Å²) in [5.74, 6) is 0.188. The van der Waals surface area contributed by atoms with Crippen molar-refractivity contribution < 1.29 is 19.4 Å². The zero-order chi connectivity index (χ0) is 21.8. The van der Waals surface area contributed by atoms with Gasteiger partial charge in [0.25, 0.3) is 17.3 Å². The Morgan fingerprint density at radius 2 is 1.80 bits per heavy atom. The van der Waals surface area contributed by atoms with E-state index in [9.17, 15) is 25.0 Å². The quantitative estimate of drug-likeness (QED) is 0.559. The van der Waals surface area contributed by atoms with Crippen molar-refractivity contribution in [2.75, 3.05) is 30.4 Å². The number of hydrogen-bond acceptors (Lipinski definition) is 7. The van der Waals surface area contributed by atoms with Crippen LogP contribution < -0.4 is 15.0 Å². The van der Waals surface area contributed by atoms with Gasteiger partial charge in [0.2, 0.25) is 0 Å². The molecule has 0 atom stereocenters. The summed E-state index contributed by atoms with van der Waals surface area (Å²) in [6.07, 6.45) is 1.90. The summed E-state index contributed by atoms with van der Waals surface area (Å²) in [4.78, 5) is 36.2. The van der Waals surface area contributed by atoms with E-state index in [0.29, 0.717) is 11.6 Å². The number of amides is 1. The SMILES string of the molecule is COc1ccc([N+](=O)[O-])cc1NC(=O)c1ccc(N2CCC(C)CC2)c([N+](=O)[O-])c1. The van der Waals surface area contributed by atoms with Crippen LogP contribution in [0.2, 0.25) is 0 Å². The number of carbonyl (C=O) groups is 1. The van der Waals surface area contributed by atoms with Gasteiger partial charge in [-0.3, -0.25) is 25.0 Å². The Bertz CT molecular complexity index is 985. The highest BCUT2D eigenvalue weighted by atomic mass is 16.6. The maximum Gasteiger partial charge on any atom is 0.293 e. The van der Waals surface area contributed by atoms with Crippen LogP contribution in [0, 0.1) is 26.1 Å².